The second-order valence-corrected chi connectivity index (χ2v) is 11.1. The summed E-state index contributed by atoms with van der Waals surface area (Å²) in [5, 5.41) is 11.2. The van der Waals surface area contributed by atoms with Crippen molar-refractivity contribution in [2.24, 2.45) is 0 Å². The lowest BCUT2D eigenvalue weighted by Crippen LogP contribution is -2.30. The van der Waals surface area contributed by atoms with E-state index in [-0.39, 0.29) is 11.3 Å². The number of carbonyl (C=O) groups excluding carboxylic acids is 2. The molecule has 0 aromatic heterocycles. The highest BCUT2D eigenvalue weighted by atomic mass is 16.5. The Morgan fingerprint density at radius 1 is 0.683 bits per heavy atom. The van der Waals surface area contributed by atoms with E-state index in [4.69, 9.17) is 9.47 Å². The van der Waals surface area contributed by atoms with Crippen molar-refractivity contribution in [3.05, 3.63) is 65.2 Å². The average Bonchev–Trinajstić information content (AvgIpc) is 3.26. The van der Waals surface area contributed by atoms with E-state index < -0.39 is 17.7 Å². The second kappa shape index (κ2) is 17.5. The van der Waals surface area contributed by atoms with Crippen molar-refractivity contribution < 1.29 is 24.2 Å². The molecule has 0 bridgehead atoms. The van der Waals surface area contributed by atoms with Gasteiger partial charge >= 0.3 is 0 Å². The SMILES string of the molecule is CCCCCCCCCCCCCCCCN1C(=O)C(=O)/C(=C(/O)c2ccc(OC)cc2)[C@@H]1c1ccc(OC)cc1. The summed E-state index contributed by atoms with van der Waals surface area (Å²) >= 11 is 0. The first-order chi connectivity index (χ1) is 20.0. The molecule has 6 nitrogen and oxygen atoms in total. The molecule has 0 aliphatic carbocycles. The molecule has 41 heavy (non-hydrogen) atoms. The molecule has 1 amide bonds. The number of ether oxygens (including phenoxy) is 2. The topological polar surface area (TPSA) is 76.1 Å². The monoisotopic (exact) mass is 563 g/mol. The summed E-state index contributed by atoms with van der Waals surface area (Å²) in [6.07, 6.45) is 17.6. The molecule has 0 saturated carbocycles. The van der Waals surface area contributed by atoms with Crippen molar-refractivity contribution in [3.63, 3.8) is 0 Å². The largest absolute Gasteiger partial charge is 0.507 e. The molecule has 3 rings (SSSR count). The van der Waals surface area contributed by atoms with Crippen LogP contribution in [0, 0.1) is 0 Å². The highest BCUT2D eigenvalue weighted by Crippen LogP contribution is 2.40. The molecule has 1 aliphatic heterocycles. The molecule has 1 aliphatic rings. The molecule has 1 fully saturated rings. The van der Waals surface area contributed by atoms with Crippen LogP contribution >= 0.6 is 0 Å². The van der Waals surface area contributed by atoms with E-state index in [0.29, 0.717) is 23.6 Å². The standard InChI is InChI=1S/C35H49NO5/c1-4-5-6-7-8-9-10-11-12-13-14-15-16-17-26-36-32(27-18-22-29(40-2)23-19-27)31(34(38)35(36)39)33(37)28-20-24-30(41-3)25-21-28/h18-25,32,37H,4-17,26H2,1-3H3/b33-31+/t32-/m0/s1. The van der Waals surface area contributed by atoms with Crippen LogP contribution in [-0.4, -0.2) is 42.5 Å². The summed E-state index contributed by atoms with van der Waals surface area (Å²) < 4.78 is 10.5. The van der Waals surface area contributed by atoms with E-state index in [1.807, 2.05) is 24.3 Å². The lowest BCUT2D eigenvalue weighted by atomic mass is 9.95. The fourth-order valence-corrected chi connectivity index (χ4v) is 5.62. The molecular formula is C35H49NO5. The number of likely N-dealkylation sites (tertiary alicyclic amines) is 1. The molecule has 1 atom stereocenters. The lowest BCUT2D eigenvalue weighted by Gasteiger charge is -2.25. The maximum Gasteiger partial charge on any atom is 0.295 e. The van der Waals surface area contributed by atoms with Gasteiger partial charge in [-0.05, 0) is 48.4 Å². The molecular weight excluding hydrogens is 514 g/mol. The molecule has 0 spiro atoms. The molecule has 0 radical (unpaired) electrons. The van der Waals surface area contributed by atoms with Gasteiger partial charge in [-0.25, -0.2) is 0 Å². The number of methoxy groups -OCH3 is 2. The van der Waals surface area contributed by atoms with Gasteiger partial charge in [0.25, 0.3) is 11.7 Å². The van der Waals surface area contributed by atoms with Gasteiger partial charge in [0.1, 0.15) is 17.3 Å². The van der Waals surface area contributed by atoms with Crippen LogP contribution in [-0.2, 0) is 9.59 Å². The van der Waals surface area contributed by atoms with Gasteiger partial charge in [-0.3, -0.25) is 9.59 Å². The lowest BCUT2D eigenvalue weighted by molar-refractivity contribution is -0.139. The fraction of sp³-hybridized carbons (Fsp3) is 0.543. The van der Waals surface area contributed by atoms with E-state index in [9.17, 15) is 14.7 Å². The molecule has 2 aromatic carbocycles. The van der Waals surface area contributed by atoms with Crippen LogP contribution in [0.2, 0.25) is 0 Å². The summed E-state index contributed by atoms with van der Waals surface area (Å²) in [7, 11) is 3.17. The van der Waals surface area contributed by atoms with Gasteiger partial charge in [-0.1, -0.05) is 103 Å². The van der Waals surface area contributed by atoms with Crippen molar-refractivity contribution in [2.75, 3.05) is 20.8 Å². The zero-order valence-electron chi connectivity index (χ0n) is 25.3. The average molecular weight is 564 g/mol. The van der Waals surface area contributed by atoms with Crippen LogP contribution in [0.15, 0.2) is 54.1 Å². The zero-order valence-corrected chi connectivity index (χ0v) is 25.3. The van der Waals surface area contributed by atoms with Crippen LogP contribution in [0.1, 0.15) is 114 Å². The Morgan fingerprint density at radius 2 is 1.12 bits per heavy atom. The predicted octanol–water partition coefficient (Wildman–Crippen LogP) is 8.61. The van der Waals surface area contributed by atoms with E-state index in [0.717, 1.165) is 24.8 Å². The number of carbonyl (C=O) groups is 2. The van der Waals surface area contributed by atoms with Gasteiger partial charge in [0.15, 0.2) is 0 Å². The van der Waals surface area contributed by atoms with Gasteiger partial charge < -0.3 is 19.5 Å². The molecule has 0 unspecified atom stereocenters. The number of aliphatic hydroxyl groups excluding tert-OH is 1. The predicted molar refractivity (Wildman–Crippen MR) is 165 cm³/mol. The molecule has 1 saturated heterocycles. The third-order valence-corrected chi connectivity index (χ3v) is 8.09. The highest BCUT2D eigenvalue weighted by Gasteiger charge is 2.45. The van der Waals surface area contributed by atoms with Crippen molar-refractivity contribution in [2.45, 2.75) is 103 Å². The van der Waals surface area contributed by atoms with Crippen molar-refractivity contribution in [1.82, 2.24) is 4.90 Å². The molecule has 224 valence electrons. The summed E-state index contributed by atoms with van der Waals surface area (Å²) in [5.41, 5.74) is 1.36. The van der Waals surface area contributed by atoms with E-state index >= 15 is 0 Å². The van der Waals surface area contributed by atoms with E-state index in [2.05, 4.69) is 6.92 Å². The Morgan fingerprint density at radius 3 is 1.59 bits per heavy atom. The van der Waals surface area contributed by atoms with Crippen molar-refractivity contribution >= 4 is 17.4 Å². The Kier molecular flexibility index (Phi) is 13.8. The maximum absolute atomic E-state index is 13.2. The molecule has 1 heterocycles. The highest BCUT2D eigenvalue weighted by molar-refractivity contribution is 6.46. The maximum atomic E-state index is 13.2. The van der Waals surface area contributed by atoms with E-state index in [1.54, 1.807) is 43.4 Å². The fourth-order valence-electron chi connectivity index (χ4n) is 5.62. The number of Topliss-reactive ketones (excluding diaryl/α,β-unsaturated/α-hetero) is 1. The normalized spacial score (nSPS) is 16.4. The summed E-state index contributed by atoms with van der Waals surface area (Å²) in [4.78, 5) is 28.1. The number of amides is 1. The number of hydrogen-bond acceptors (Lipinski definition) is 5. The molecule has 6 heteroatoms. The number of ketones is 1. The van der Waals surface area contributed by atoms with Gasteiger partial charge in [0.2, 0.25) is 0 Å². The Labute approximate surface area is 246 Å². The van der Waals surface area contributed by atoms with Crippen molar-refractivity contribution in [3.8, 4) is 11.5 Å². The third kappa shape index (κ3) is 9.37. The first-order valence-electron chi connectivity index (χ1n) is 15.6. The summed E-state index contributed by atoms with van der Waals surface area (Å²) in [6.45, 7) is 2.73. The summed E-state index contributed by atoms with van der Waals surface area (Å²) in [5.74, 6) is -0.0466. The smallest absolute Gasteiger partial charge is 0.295 e. The quantitative estimate of drug-likeness (QED) is 0.0801. The Balaban J connectivity index is 1.56. The number of benzene rings is 2. The van der Waals surface area contributed by atoms with Crippen LogP contribution < -0.4 is 9.47 Å². The van der Waals surface area contributed by atoms with Crippen molar-refractivity contribution in [1.29, 1.82) is 0 Å². The van der Waals surface area contributed by atoms with Crippen LogP contribution in [0.3, 0.4) is 0 Å². The number of hydrogen-bond donors (Lipinski definition) is 1. The third-order valence-electron chi connectivity index (χ3n) is 8.09. The van der Waals surface area contributed by atoms with Gasteiger partial charge in [-0.2, -0.15) is 0 Å². The van der Waals surface area contributed by atoms with Gasteiger partial charge in [-0.15, -0.1) is 0 Å². The van der Waals surface area contributed by atoms with Crippen LogP contribution in [0.5, 0.6) is 11.5 Å². The Bertz CT molecular complexity index is 1110. The molecule has 2 aromatic rings. The van der Waals surface area contributed by atoms with Gasteiger partial charge in [0.05, 0.1) is 25.8 Å². The minimum Gasteiger partial charge on any atom is -0.507 e. The first kappa shape index (κ1) is 32.2. The number of aliphatic hydroxyl groups is 1. The first-order valence-corrected chi connectivity index (χ1v) is 15.6. The van der Waals surface area contributed by atoms with Gasteiger partial charge in [0, 0.05) is 12.1 Å². The van der Waals surface area contributed by atoms with Crippen LogP contribution in [0.4, 0.5) is 0 Å². The second-order valence-electron chi connectivity index (χ2n) is 11.1. The Hall–Kier alpha value is -3.28. The minimum atomic E-state index is -0.649. The number of nitrogens with zero attached hydrogens (tertiary/aromatic N) is 1. The zero-order chi connectivity index (χ0) is 29.5. The van der Waals surface area contributed by atoms with Crippen LogP contribution in [0.25, 0.3) is 5.76 Å². The molecule has 1 N–H and O–H groups in total. The van der Waals surface area contributed by atoms with E-state index in [1.165, 1.54) is 70.6 Å². The number of unbranched alkanes of at least 4 members (excludes halogenated alkanes) is 13. The summed E-state index contributed by atoms with van der Waals surface area (Å²) in [6, 6.07) is 13.5. The minimum absolute atomic E-state index is 0.121. The number of rotatable bonds is 19.